The predicted octanol–water partition coefficient (Wildman–Crippen LogP) is 8.26. The summed E-state index contributed by atoms with van der Waals surface area (Å²) in [6.45, 7) is 1.34. The van der Waals surface area contributed by atoms with Crippen LogP contribution in [0.1, 0.15) is 193 Å². The van der Waals surface area contributed by atoms with Crippen molar-refractivity contribution in [3.8, 4) is 0 Å². The first-order valence-electron chi connectivity index (χ1n) is 23.9. The largest absolute Gasteiger partial charge is 0.472 e. The number of hydrogen-bond donors (Lipinski definition) is 9. The molecule has 65 heavy (non-hydrogen) atoms. The normalized spacial score (nSPS) is 21.8. The number of aliphatic hydroxyl groups excluding tert-OH is 3. The summed E-state index contributed by atoms with van der Waals surface area (Å²) in [5.74, 6) is -0.549. The van der Waals surface area contributed by atoms with E-state index in [0.717, 1.165) is 63.5 Å². The summed E-state index contributed by atoms with van der Waals surface area (Å²) in [4.78, 5) is 73.4. The van der Waals surface area contributed by atoms with Crippen molar-refractivity contribution in [2.45, 2.75) is 236 Å². The second kappa shape index (κ2) is 36.4. The van der Waals surface area contributed by atoms with Crippen molar-refractivity contribution in [1.29, 1.82) is 0 Å². The first-order valence-corrected chi connectivity index (χ1v) is 29.1. The fraction of sp³-hybridized carbons (Fsp3) is 0.952. The van der Waals surface area contributed by atoms with Crippen LogP contribution in [0.4, 0.5) is 0 Å². The molecular formula is C42H83O19P3S. The van der Waals surface area contributed by atoms with E-state index in [-0.39, 0.29) is 13.0 Å². The first kappa shape index (κ1) is 62.5. The third-order valence-corrected chi connectivity index (χ3v) is 13.5. The molecule has 1 aliphatic carbocycles. The van der Waals surface area contributed by atoms with Crippen LogP contribution in [0.15, 0.2) is 0 Å². The molecular weight excluding hydrogens is 933 g/mol. The van der Waals surface area contributed by atoms with Crippen molar-refractivity contribution in [3.63, 3.8) is 0 Å². The fourth-order valence-electron chi connectivity index (χ4n) is 7.65. The second-order valence-electron chi connectivity index (χ2n) is 17.1. The van der Waals surface area contributed by atoms with Crippen molar-refractivity contribution >= 4 is 48.0 Å². The average molecular weight is 1020 g/mol. The van der Waals surface area contributed by atoms with Crippen LogP contribution in [0.25, 0.3) is 0 Å². The van der Waals surface area contributed by atoms with Gasteiger partial charge in [0.2, 0.25) is 0 Å². The second-order valence-corrected chi connectivity index (χ2v) is 21.4. The molecule has 0 spiro atoms. The molecule has 0 radical (unpaired) electrons. The lowest BCUT2D eigenvalue weighted by Crippen LogP contribution is -2.65. The van der Waals surface area contributed by atoms with Gasteiger partial charge in [-0.2, -0.15) is 12.6 Å². The highest BCUT2D eigenvalue weighted by molar-refractivity contribution is 7.80. The number of esters is 2. The fourth-order valence-corrected chi connectivity index (χ4v) is 9.98. The van der Waals surface area contributed by atoms with Gasteiger partial charge >= 0.3 is 35.4 Å². The van der Waals surface area contributed by atoms with Gasteiger partial charge in [0.15, 0.2) is 0 Å². The number of ether oxygens (including phenoxy) is 2. The van der Waals surface area contributed by atoms with E-state index in [1.807, 2.05) is 0 Å². The summed E-state index contributed by atoms with van der Waals surface area (Å²) in [6.07, 6.45) is 13.0. The number of rotatable bonds is 42. The van der Waals surface area contributed by atoms with Crippen molar-refractivity contribution in [2.75, 3.05) is 19.0 Å². The van der Waals surface area contributed by atoms with Gasteiger partial charge < -0.3 is 49.3 Å². The van der Waals surface area contributed by atoms with Crippen LogP contribution in [0.2, 0.25) is 0 Å². The number of aliphatic hydroxyl groups is 3. The highest BCUT2D eigenvalue weighted by Gasteiger charge is 2.56. The first-order chi connectivity index (χ1) is 30.8. The van der Waals surface area contributed by atoms with Gasteiger partial charge in [-0.3, -0.25) is 27.7 Å². The van der Waals surface area contributed by atoms with E-state index < -0.39 is 91.2 Å². The molecule has 1 rings (SSSR count). The smallest absolute Gasteiger partial charge is 0.466 e. The van der Waals surface area contributed by atoms with E-state index >= 15 is 0 Å². The Kier molecular flexibility index (Phi) is 35.1. The molecule has 23 heteroatoms. The molecule has 0 amide bonds. The van der Waals surface area contributed by atoms with Crippen molar-refractivity contribution < 1.29 is 90.6 Å². The Bertz CT molecular complexity index is 1350. The van der Waals surface area contributed by atoms with Crippen molar-refractivity contribution in [3.05, 3.63) is 0 Å². The van der Waals surface area contributed by atoms with E-state index in [1.54, 1.807) is 0 Å². The van der Waals surface area contributed by atoms with E-state index in [2.05, 4.69) is 28.6 Å². The molecule has 0 aromatic rings. The van der Waals surface area contributed by atoms with Crippen molar-refractivity contribution in [1.82, 2.24) is 0 Å². The summed E-state index contributed by atoms with van der Waals surface area (Å²) in [7, 11) is -16.6. The maximum absolute atomic E-state index is 13.1. The van der Waals surface area contributed by atoms with Crippen LogP contribution >= 0.6 is 36.1 Å². The molecule has 8 atom stereocenters. The molecule has 0 aromatic heterocycles. The van der Waals surface area contributed by atoms with E-state index in [4.69, 9.17) is 18.5 Å². The van der Waals surface area contributed by atoms with Gasteiger partial charge in [0, 0.05) is 6.42 Å². The molecule has 8 N–H and O–H groups in total. The highest BCUT2D eigenvalue weighted by Crippen LogP contribution is 2.51. The number of carbonyl (C=O) groups excluding carboxylic acids is 2. The predicted molar refractivity (Wildman–Crippen MR) is 247 cm³/mol. The molecule has 0 saturated heterocycles. The quantitative estimate of drug-likeness (QED) is 0.0120. The molecule has 0 heterocycles. The van der Waals surface area contributed by atoms with E-state index in [1.165, 1.54) is 103 Å². The zero-order valence-electron chi connectivity index (χ0n) is 38.5. The van der Waals surface area contributed by atoms with Crippen LogP contribution in [0.3, 0.4) is 0 Å². The van der Waals surface area contributed by atoms with E-state index in [9.17, 15) is 63.1 Å². The van der Waals surface area contributed by atoms with Gasteiger partial charge in [-0.05, 0) is 25.0 Å². The topological polar surface area (TPSA) is 303 Å². The van der Waals surface area contributed by atoms with Crippen LogP contribution < -0.4 is 0 Å². The molecule has 386 valence electrons. The van der Waals surface area contributed by atoms with Crippen LogP contribution in [-0.2, 0) is 50.9 Å². The van der Waals surface area contributed by atoms with Crippen LogP contribution in [-0.4, -0.2) is 113 Å². The number of phosphoric acid groups is 3. The number of unbranched alkanes of at least 4 members (excludes halogenated alkanes) is 25. The third kappa shape index (κ3) is 32.9. The lowest BCUT2D eigenvalue weighted by atomic mass is 9.85. The minimum absolute atomic E-state index is 0.0156. The summed E-state index contributed by atoms with van der Waals surface area (Å²) in [6, 6.07) is 0. The Hall–Kier alpha value is -0.500. The maximum atomic E-state index is 13.1. The van der Waals surface area contributed by atoms with Crippen LogP contribution in [0, 0.1) is 0 Å². The SMILES string of the molecule is CCCCCCCCCCCCCCCC(=O)O[C@@H](COP(=O)(O)OC1C(O)[C@H](OP(=O)(O)O)C(O)[C@H](OP(=O)(O)O)[C@@H]1O)CC(=O)OCCCCCCCCCCCCCCCCS. The summed E-state index contributed by atoms with van der Waals surface area (Å²) >= 11 is 4.25. The minimum atomic E-state index is -5.55. The Morgan fingerprint density at radius 3 is 1.25 bits per heavy atom. The zero-order chi connectivity index (χ0) is 48.6. The Morgan fingerprint density at radius 2 is 0.862 bits per heavy atom. The Labute approximate surface area is 392 Å². The summed E-state index contributed by atoms with van der Waals surface area (Å²) < 4.78 is 65.5. The van der Waals surface area contributed by atoms with Gasteiger partial charge in [-0.25, -0.2) is 13.7 Å². The minimum Gasteiger partial charge on any atom is -0.466 e. The Balaban J connectivity index is 2.73. The monoisotopic (exact) mass is 1020 g/mol. The molecule has 0 aliphatic heterocycles. The molecule has 4 unspecified atom stereocenters. The molecule has 0 bridgehead atoms. The lowest BCUT2D eigenvalue weighted by molar-refractivity contribution is -0.213. The third-order valence-electron chi connectivity index (χ3n) is 11.2. The van der Waals surface area contributed by atoms with Gasteiger partial charge in [0.1, 0.15) is 42.7 Å². The maximum Gasteiger partial charge on any atom is 0.472 e. The summed E-state index contributed by atoms with van der Waals surface area (Å²) in [5.41, 5.74) is 0. The molecule has 1 fully saturated rings. The zero-order valence-corrected chi connectivity index (χ0v) is 42.1. The molecule has 19 nitrogen and oxygen atoms in total. The average Bonchev–Trinajstić information content (AvgIpc) is 3.22. The number of thiol groups is 1. The summed E-state index contributed by atoms with van der Waals surface area (Å²) in [5, 5.41) is 31.8. The van der Waals surface area contributed by atoms with Gasteiger partial charge in [-0.1, -0.05) is 161 Å². The van der Waals surface area contributed by atoms with Crippen LogP contribution in [0.5, 0.6) is 0 Å². The molecule has 1 saturated carbocycles. The van der Waals surface area contributed by atoms with E-state index in [0.29, 0.717) is 12.8 Å². The Morgan fingerprint density at radius 1 is 0.508 bits per heavy atom. The molecule has 1 aliphatic rings. The van der Waals surface area contributed by atoms with Crippen molar-refractivity contribution in [2.24, 2.45) is 0 Å². The number of hydrogen-bond acceptors (Lipinski definition) is 15. The standard InChI is InChI=1S/C42H83O19P3S/c1-2-3-4-5-6-7-8-11-14-17-20-23-26-29-35(43)58-34(32-36(44)56-30-27-24-21-18-15-12-9-10-13-16-19-22-25-28-31-65)33-57-64(54,55)61-42-38(46)40(59-62(48,49)50)37(45)41(39(42)47)60-63(51,52)53/h34,37-42,45-47,65H,2-33H2,1H3,(H,54,55)(H2,48,49,50)(H2,51,52,53)/t34-,37?,38+,39?,40+,41-,42?/m1/s1. The molecule has 0 aromatic carbocycles. The van der Waals surface area contributed by atoms with Gasteiger partial charge in [0.05, 0.1) is 19.6 Å². The van der Waals surface area contributed by atoms with Gasteiger partial charge in [0.25, 0.3) is 0 Å². The number of phosphoric ester groups is 3. The highest BCUT2D eigenvalue weighted by atomic mass is 32.1. The number of carbonyl (C=O) groups is 2. The lowest BCUT2D eigenvalue weighted by Gasteiger charge is -2.44. The van der Waals surface area contributed by atoms with Gasteiger partial charge in [-0.15, -0.1) is 0 Å².